The summed E-state index contributed by atoms with van der Waals surface area (Å²) in [6, 6.07) is 18.5. The van der Waals surface area contributed by atoms with Gasteiger partial charge in [0.15, 0.2) is 5.78 Å². The number of rotatable bonds is 4. The maximum absolute atomic E-state index is 12.9. The van der Waals surface area contributed by atoms with Crippen molar-refractivity contribution in [1.29, 1.82) is 0 Å². The summed E-state index contributed by atoms with van der Waals surface area (Å²) in [5, 5.41) is 3.44. The van der Waals surface area contributed by atoms with Gasteiger partial charge in [-0.3, -0.25) is 9.59 Å². The van der Waals surface area contributed by atoms with Crippen molar-refractivity contribution >= 4 is 56.5 Å². The van der Waals surface area contributed by atoms with Crippen LogP contribution in [0.2, 0.25) is 10.0 Å². The summed E-state index contributed by atoms with van der Waals surface area (Å²) in [7, 11) is 0. The Hall–Kier alpha value is -2.14. The van der Waals surface area contributed by atoms with Crippen LogP contribution in [0, 0.1) is 0 Å². The molecule has 3 rings (SSSR count). The van der Waals surface area contributed by atoms with Crippen LogP contribution in [-0.4, -0.2) is 11.7 Å². The van der Waals surface area contributed by atoms with Gasteiger partial charge in [0.05, 0.1) is 21.3 Å². The second-order valence-corrected chi connectivity index (χ2v) is 7.16. The van der Waals surface area contributed by atoms with E-state index >= 15 is 0 Å². The van der Waals surface area contributed by atoms with Crippen molar-refractivity contribution in [3.63, 3.8) is 0 Å². The number of benzene rings is 3. The molecule has 0 aliphatic carbocycles. The van der Waals surface area contributed by atoms with Gasteiger partial charge in [-0.05, 0) is 42.5 Å². The molecule has 0 saturated heterocycles. The van der Waals surface area contributed by atoms with Crippen LogP contribution in [0.4, 0.5) is 5.69 Å². The Morgan fingerprint density at radius 2 is 1.35 bits per heavy atom. The van der Waals surface area contributed by atoms with E-state index in [1.54, 1.807) is 66.7 Å². The average molecular weight is 449 g/mol. The third-order valence-corrected chi connectivity index (χ3v) is 4.86. The Morgan fingerprint density at radius 3 is 1.96 bits per heavy atom. The smallest absolute Gasteiger partial charge is 0.257 e. The summed E-state index contributed by atoms with van der Waals surface area (Å²) in [4.78, 5) is 25.5. The van der Waals surface area contributed by atoms with E-state index in [2.05, 4.69) is 21.2 Å². The van der Waals surface area contributed by atoms with Crippen LogP contribution < -0.4 is 5.32 Å². The van der Waals surface area contributed by atoms with Crippen molar-refractivity contribution in [3.05, 3.63) is 97.9 Å². The highest BCUT2D eigenvalue weighted by Gasteiger charge is 2.19. The number of halogens is 3. The molecule has 0 atom stereocenters. The number of anilines is 1. The lowest BCUT2D eigenvalue weighted by Crippen LogP contribution is -2.16. The SMILES string of the molecule is O=C(Nc1ccc(Br)cc1C(=O)c1ccccc1Cl)c1ccccc1Cl. The fourth-order valence-electron chi connectivity index (χ4n) is 2.44. The van der Waals surface area contributed by atoms with Crippen LogP contribution in [0.3, 0.4) is 0 Å². The predicted octanol–water partition coefficient (Wildman–Crippen LogP) is 6.24. The molecule has 26 heavy (non-hydrogen) atoms. The Morgan fingerprint density at radius 1 is 0.769 bits per heavy atom. The Kier molecular flexibility index (Phi) is 5.77. The first kappa shape index (κ1) is 18.6. The topological polar surface area (TPSA) is 46.2 Å². The molecule has 0 heterocycles. The van der Waals surface area contributed by atoms with Crippen LogP contribution in [0.25, 0.3) is 0 Å². The molecule has 1 amide bonds. The fraction of sp³-hybridized carbons (Fsp3) is 0. The van der Waals surface area contributed by atoms with Crippen LogP contribution in [0.15, 0.2) is 71.2 Å². The lowest BCUT2D eigenvalue weighted by atomic mass is 10.0. The zero-order chi connectivity index (χ0) is 18.7. The summed E-state index contributed by atoms with van der Waals surface area (Å²) >= 11 is 15.6. The van der Waals surface area contributed by atoms with E-state index in [-0.39, 0.29) is 5.78 Å². The minimum atomic E-state index is -0.397. The number of carbonyl (C=O) groups excluding carboxylic acids is 2. The van der Waals surface area contributed by atoms with Gasteiger partial charge in [0, 0.05) is 15.6 Å². The second-order valence-electron chi connectivity index (χ2n) is 5.43. The Bertz CT molecular complexity index is 1000. The van der Waals surface area contributed by atoms with E-state index in [9.17, 15) is 9.59 Å². The van der Waals surface area contributed by atoms with Crippen molar-refractivity contribution in [2.45, 2.75) is 0 Å². The minimum Gasteiger partial charge on any atom is -0.321 e. The predicted molar refractivity (Wildman–Crippen MR) is 108 cm³/mol. The number of nitrogens with one attached hydrogen (secondary N) is 1. The van der Waals surface area contributed by atoms with Gasteiger partial charge in [0.25, 0.3) is 5.91 Å². The van der Waals surface area contributed by atoms with Gasteiger partial charge in [-0.1, -0.05) is 63.4 Å². The standard InChI is InChI=1S/C20H12BrCl2NO2/c21-12-9-10-18(24-20(26)14-6-2-4-8-17(14)23)15(11-12)19(25)13-5-1-3-7-16(13)22/h1-11H,(H,24,26). The lowest BCUT2D eigenvalue weighted by molar-refractivity contribution is 0.102. The zero-order valence-corrected chi connectivity index (χ0v) is 16.4. The highest BCUT2D eigenvalue weighted by atomic mass is 79.9. The maximum atomic E-state index is 12.9. The van der Waals surface area contributed by atoms with Gasteiger partial charge >= 0.3 is 0 Å². The van der Waals surface area contributed by atoms with Crippen LogP contribution in [-0.2, 0) is 0 Å². The quantitative estimate of drug-likeness (QED) is 0.480. The lowest BCUT2D eigenvalue weighted by Gasteiger charge is -2.12. The van der Waals surface area contributed by atoms with E-state index in [1.165, 1.54) is 0 Å². The second kappa shape index (κ2) is 8.04. The highest BCUT2D eigenvalue weighted by Crippen LogP contribution is 2.27. The molecule has 0 radical (unpaired) electrons. The average Bonchev–Trinajstić information content (AvgIpc) is 2.63. The molecule has 0 bridgehead atoms. The molecule has 3 aromatic carbocycles. The Labute approximate surface area is 169 Å². The first-order valence-corrected chi connectivity index (χ1v) is 9.17. The van der Waals surface area contributed by atoms with Crippen molar-refractivity contribution in [1.82, 2.24) is 0 Å². The molecule has 0 saturated carbocycles. The molecule has 1 N–H and O–H groups in total. The molecule has 130 valence electrons. The number of amides is 1. The molecule has 0 aliphatic rings. The van der Waals surface area contributed by atoms with Crippen molar-refractivity contribution in [3.8, 4) is 0 Å². The molecular weight excluding hydrogens is 437 g/mol. The van der Waals surface area contributed by atoms with Gasteiger partial charge in [0.1, 0.15) is 0 Å². The van der Waals surface area contributed by atoms with Crippen molar-refractivity contribution < 1.29 is 9.59 Å². The monoisotopic (exact) mass is 447 g/mol. The van der Waals surface area contributed by atoms with Gasteiger partial charge in [-0.15, -0.1) is 0 Å². The first-order valence-electron chi connectivity index (χ1n) is 7.62. The van der Waals surface area contributed by atoms with Gasteiger partial charge in [0.2, 0.25) is 0 Å². The fourth-order valence-corrected chi connectivity index (χ4v) is 3.24. The van der Waals surface area contributed by atoms with Crippen molar-refractivity contribution in [2.24, 2.45) is 0 Å². The van der Waals surface area contributed by atoms with Crippen LogP contribution in [0.5, 0.6) is 0 Å². The number of hydrogen-bond donors (Lipinski definition) is 1. The number of hydrogen-bond acceptors (Lipinski definition) is 2. The molecule has 0 unspecified atom stereocenters. The molecule has 0 aliphatic heterocycles. The molecule has 3 nitrogen and oxygen atoms in total. The number of ketones is 1. The zero-order valence-electron chi connectivity index (χ0n) is 13.3. The van der Waals surface area contributed by atoms with Crippen LogP contribution >= 0.6 is 39.1 Å². The van der Waals surface area contributed by atoms with E-state index in [1.807, 2.05) is 0 Å². The molecular formula is C20H12BrCl2NO2. The van der Waals surface area contributed by atoms with Crippen LogP contribution in [0.1, 0.15) is 26.3 Å². The van der Waals surface area contributed by atoms with Gasteiger partial charge in [-0.25, -0.2) is 0 Å². The summed E-state index contributed by atoms with van der Waals surface area (Å²) < 4.78 is 0.712. The largest absolute Gasteiger partial charge is 0.321 e. The summed E-state index contributed by atoms with van der Waals surface area (Å²) in [5.41, 5.74) is 1.39. The molecule has 6 heteroatoms. The summed E-state index contributed by atoms with van der Waals surface area (Å²) in [6.07, 6.45) is 0. The van der Waals surface area contributed by atoms with Crippen molar-refractivity contribution in [2.75, 3.05) is 5.32 Å². The van der Waals surface area contributed by atoms with E-state index in [0.717, 1.165) is 0 Å². The molecule has 3 aromatic rings. The summed E-state index contributed by atoms with van der Waals surface area (Å²) in [5.74, 6) is -0.683. The van der Waals surface area contributed by atoms with E-state index < -0.39 is 5.91 Å². The molecule has 0 fully saturated rings. The molecule has 0 aromatic heterocycles. The van der Waals surface area contributed by atoms with Gasteiger partial charge in [-0.2, -0.15) is 0 Å². The first-order chi connectivity index (χ1) is 12.5. The van der Waals surface area contributed by atoms with Gasteiger partial charge < -0.3 is 5.32 Å². The Balaban J connectivity index is 1.99. The third kappa shape index (κ3) is 3.98. The minimum absolute atomic E-state index is 0.286. The normalized spacial score (nSPS) is 10.4. The molecule has 0 spiro atoms. The maximum Gasteiger partial charge on any atom is 0.257 e. The summed E-state index contributed by atoms with van der Waals surface area (Å²) in [6.45, 7) is 0. The third-order valence-electron chi connectivity index (χ3n) is 3.71. The number of carbonyl (C=O) groups is 2. The highest BCUT2D eigenvalue weighted by molar-refractivity contribution is 9.10. The van der Waals surface area contributed by atoms with E-state index in [0.29, 0.717) is 36.9 Å². The van der Waals surface area contributed by atoms with E-state index in [4.69, 9.17) is 23.2 Å².